The summed E-state index contributed by atoms with van der Waals surface area (Å²) in [7, 11) is 0. The normalized spacial score (nSPS) is 16.9. The molecule has 6 N–H and O–H groups in total. The number of aliphatic hydroxyl groups excluding tert-OH is 1. The van der Waals surface area contributed by atoms with Crippen LogP contribution >= 0.6 is 0 Å². The van der Waals surface area contributed by atoms with E-state index < -0.39 is 5.60 Å². The molecule has 17 heavy (non-hydrogen) atoms. The number of rotatable bonds is 8. The van der Waals surface area contributed by atoms with Crippen LogP contribution in [0.5, 0.6) is 0 Å². The highest BCUT2D eigenvalue weighted by atomic mass is 16.4. The van der Waals surface area contributed by atoms with Crippen LogP contribution in [-0.4, -0.2) is 46.6 Å². The zero-order chi connectivity index (χ0) is 13.5. The third kappa shape index (κ3) is 6.45. The molecule has 102 valence electrons. The van der Waals surface area contributed by atoms with E-state index in [4.69, 9.17) is 16.0 Å². The van der Waals surface area contributed by atoms with Crippen LogP contribution in [-0.2, 0) is 0 Å². The number of nitrogens with two attached hydrogens (primary N) is 1. The van der Waals surface area contributed by atoms with Crippen LogP contribution in [0.3, 0.4) is 0 Å². The fourth-order valence-corrected chi connectivity index (χ4v) is 1.33. The Morgan fingerprint density at radius 2 is 1.94 bits per heavy atom. The highest BCUT2D eigenvalue weighted by Crippen LogP contribution is 2.21. The highest BCUT2D eigenvalue weighted by molar-refractivity contribution is 5.85. The molecule has 0 radical (unpaired) electrons. The molecule has 0 aromatic heterocycles. The smallest absolute Gasteiger partial charge is 0.144 e. The molecule has 6 heteroatoms. The van der Waals surface area contributed by atoms with Gasteiger partial charge < -0.3 is 26.5 Å². The largest absolute Gasteiger partial charge is 0.409 e. The number of amidine groups is 1. The Kier molecular flexibility index (Phi) is 6.44. The van der Waals surface area contributed by atoms with Crippen molar-refractivity contribution in [1.82, 2.24) is 5.32 Å². The number of nitrogens with zero attached hydrogens (tertiary/aromatic N) is 1. The third-order valence-corrected chi connectivity index (χ3v) is 2.80. The number of hydrogen-bond donors (Lipinski definition) is 5. The Morgan fingerprint density at radius 3 is 2.41 bits per heavy atom. The molecule has 6 nitrogen and oxygen atoms in total. The molecule has 0 fully saturated rings. The average Bonchev–Trinajstić information content (AvgIpc) is 2.27. The lowest BCUT2D eigenvalue weighted by atomic mass is 9.86. The fourth-order valence-electron chi connectivity index (χ4n) is 1.33. The van der Waals surface area contributed by atoms with E-state index in [0.717, 1.165) is 12.8 Å². The van der Waals surface area contributed by atoms with Crippen LogP contribution in [0.2, 0.25) is 0 Å². The molecule has 0 aromatic rings. The monoisotopic (exact) mass is 247 g/mol. The first-order chi connectivity index (χ1) is 7.75. The predicted octanol–water partition coefficient (Wildman–Crippen LogP) is -0.128. The molecule has 0 amide bonds. The van der Waals surface area contributed by atoms with E-state index in [2.05, 4.69) is 10.5 Å². The van der Waals surface area contributed by atoms with Crippen LogP contribution in [0, 0.1) is 5.41 Å². The molecule has 0 saturated heterocycles. The summed E-state index contributed by atoms with van der Waals surface area (Å²) in [6.07, 6.45) is 1.61. The van der Waals surface area contributed by atoms with Crippen molar-refractivity contribution < 1.29 is 15.4 Å². The Labute approximate surface area is 103 Å². The van der Waals surface area contributed by atoms with Gasteiger partial charge in [0.25, 0.3) is 0 Å². The topological polar surface area (TPSA) is 111 Å². The van der Waals surface area contributed by atoms with Crippen molar-refractivity contribution in [3.63, 3.8) is 0 Å². The maximum Gasteiger partial charge on any atom is 0.144 e. The van der Waals surface area contributed by atoms with Crippen LogP contribution in [0.15, 0.2) is 5.16 Å². The molecule has 0 spiro atoms. The summed E-state index contributed by atoms with van der Waals surface area (Å²) in [5.41, 5.74) is 4.14. The number of oxime groups is 1. The SMILES string of the molecule is CC(O)(CO)CNCCCC(C)(C)C(N)=NO. The first-order valence-electron chi connectivity index (χ1n) is 5.77. The summed E-state index contributed by atoms with van der Waals surface area (Å²) in [4.78, 5) is 0. The summed E-state index contributed by atoms with van der Waals surface area (Å²) in [6, 6.07) is 0. The van der Waals surface area contributed by atoms with Gasteiger partial charge in [-0.25, -0.2) is 0 Å². The minimum absolute atomic E-state index is 0.222. The molecule has 0 aliphatic heterocycles. The minimum atomic E-state index is -1.08. The van der Waals surface area contributed by atoms with Gasteiger partial charge in [0.05, 0.1) is 12.2 Å². The zero-order valence-corrected chi connectivity index (χ0v) is 10.9. The average molecular weight is 247 g/mol. The quantitative estimate of drug-likeness (QED) is 0.135. The zero-order valence-electron chi connectivity index (χ0n) is 10.9. The summed E-state index contributed by atoms with van der Waals surface area (Å²) in [6.45, 7) is 6.17. The highest BCUT2D eigenvalue weighted by Gasteiger charge is 2.23. The summed E-state index contributed by atoms with van der Waals surface area (Å²) >= 11 is 0. The first kappa shape index (κ1) is 16.1. The summed E-state index contributed by atoms with van der Waals surface area (Å²) in [5, 5.41) is 33.0. The van der Waals surface area contributed by atoms with Gasteiger partial charge in [-0.3, -0.25) is 0 Å². The van der Waals surface area contributed by atoms with Gasteiger partial charge in [0, 0.05) is 12.0 Å². The van der Waals surface area contributed by atoms with Crippen molar-refractivity contribution in [2.24, 2.45) is 16.3 Å². The van der Waals surface area contributed by atoms with Crippen molar-refractivity contribution in [3.8, 4) is 0 Å². The van der Waals surface area contributed by atoms with Gasteiger partial charge >= 0.3 is 0 Å². The van der Waals surface area contributed by atoms with E-state index in [0.29, 0.717) is 13.1 Å². The lowest BCUT2D eigenvalue weighted by Gasteiger charge is -2.24. The second kappa shape index (κ2) is 6.78. The van der Waals surface area contributed by atoms with Gasteiger partial charge in [0.15, 0.2) is 0 Å². The number of aliphatic hydroxyl groups is 2. The van der Waals surface area contributed by atoms with Crippen molar-refractivity contribution >= 4 is 5.84 Å². The molecular weight excluding hydrogens is 222 g/mol. The van der Waals surface area contributed by atoms with Crippen molar-refractivity contribution in [3.05, 3.63) is 0 Å². The van der Waals surface area contributed by atoms with Gasteiger partial charge in [0.1, 0.15) is 5.84 Å². The number of hydrogen-bond acceptors (Lipinski definition) is 5. The molecule has 1 unspecified atom stereocenters. The van der Waals surface area contributed by atoms with Crippen LogP contribution < -0.4 is 11.1 Å². The molecule has 1 atom stereocenters. The van der Waals surface area contributed by atoms with E-state index in [1.807, 2.05) is 13.8 Å². The number of nitrogens with one attached hydrogen (secondary N) is 1. The van der Waals surface area contributed by atoms with E-state index in [1.165, 1.54) is 0 Å². The summed E-state index contributed by atoms with van der Waals surface area (Å²) < 4.78 is 0. The Hall–Kier alpha value is -0.850. The molecule has 0 aliphatic rings. The Balaban J connectivity index is 3.79. The van der Waals surface area contributed by atoms with E-state index in [1.54, 1.807) is 6.92 Å². The van der Waals surface area contributed by atoms with Crippen molar-refractivity contribution in [2.45, 2.75) is 39.2 Å². The van der Waals surface area contributed by atoms with Crippen molar-refractivity contribution in [2.75, 3.05) is 19.7 Å². The molecule has 0 rings (SSSR count). The third-order valence-electron chi connectivity index (χ3n) is 2.80. The molecule has 0 saturated carbocycles. The maximum atomic E-state index is 9.52. The van der Waals surface area contributed by atoms with Crippen molar-refractivity contribution in [1.29, 1.82) is 0 Å². The van der Waals surface area contributed by atoms with Crippen LogP contribution in [0.1, 0.15) is 33.6 Å². The Bertz CT molecular complexity index is 252. The van der Waals surface area contributed by atoms with Gasteiger partial charge in [-0.2, -0.15) is 0 Å². The maximum absolute atomic E-state index is 9.52. The minimum Gasteiger partial charge on any atom is -0.409 e. The fraction of sp³-hybridized carbons (Fsp3) is 0.909. The van der Waals surface area contributed by atoms with Crippen LogP contribution in [0.4, 0.5) is 0 Å². The van der Waals surface area contributed by atoms with E-state index in [9.17, 15) is 5.11 Å². The Morgan fingerprint density at radius 1 is 1.35 bits per heavy atom. The standard InChI is InChI=1S/C11H25N3O3/c1-10(2,9(12)14-17)5-4-6-13-7-11(3,16)8-15/h13,15-17H,4-8H2,1-3H3,(H2,12,14). The lowest BCUT2D eigenvalue weighted by molar-refractivity contribution is 0.00281. The van der Waals surface area contributed by atoms with Gasteiger partial charge in [0.2, 0.25) is 0 Å². The molecule has 0 aliphatic carbocycles. The van der Waals surface area contributed by atoms with Crippen LogP contribution in [0.25, 0.3) is 0 Å². The molecule has 0 heterocycles. The lowest BCUT2D eigenvalue weighted by Crippen LogP contribution is -2.41. The predicted molar refractivity (Wildman–Crippen MR) is 67.0 cm³/mol. The second-order valence-corrected chi connectivity index (χ2v) is 5.30. The first-order valence-corrected chi connectivity index (χ1v) is 5.77. The van der Waals surface area contributed by atoms with Gasteiger partial charge in [-0.05, 0) is 26.3 Å². The molecular formula is C11H25N3O3. The molecule has 0 bridgehead atoms. The second-order valence-electron chi connectivity index (χ2n) is 5.30. The summed E-state index contributed by atoms with van der Waals surface area (Å²) in [5.74, 6) is 0.222. The molecule has 0 aromatic carbocycles. The van der Waals surface area contributed by atoms with E-state index >= 15 is 0 Å². The van der Waals surface area contributed by atoms with E-state index in [-0.39, 0.29) is 17.9 Å². The van der Waals surface area contributed by atoms with Gasteiger partial charge in [-0.15, -0.1) is 0 Å². The van der Waals surface area contributed by atoms with Gasteiger partial charge in [-0.1, -0.05) is 19.0 Å².